The summed E-state index contributed by atoms with van der Waals surface area (Å²) in [6.45, 7) is 3.43. The summed E-state index contributed by atoms with van der Waals surface area (Å²) in [7, 11) is 3.22. The van der Waals surface area contributed by atoms with Gasteiger partial charge in [0.1, 0.15) is 0 Å². The van der Waals surface area contributed by atoms with Crippen LogP contribution in [-0.2, 0) is 16.0 Å². The SMILES string of the molecule is COc1ccc(CN=C(N)NCCCOC2CCOC2)cc1OC. The van der Waals surface area contributed by atoms with Gasteiger partial charge in [-0.3, -0.25) is 0 Å². The molecule has 24 heavy (non-hydrogen) atoms. The molecule has 1 aromatic carbocycles. The highest BCUT2D eigenvalue weighted by molar-refractivity contribution is 5.77. The molecule has 2 rings (SSSR count). The topological polar surface area (TPSA) is 87.3 Å². The van der Waals surface area contributed by atoms with Gasteiger partial charge in [-0.1, -0.05) is 6.07 Å². The predicted octanol–water partition coefficient (Wildman–Crippen LogP) is 1.30. The highest BCUT2D eigenvalue weighted by Gasteiger charge is 2.15. The van der Waals surface area contributed by atoms with Crippen LogP contribution in [0.2, 0.25) is 0 Å². The van der Waals surface area contributed by atoms with Crippen molar-refractivity contribution in [1.82, 2.24) is 5.32 Å². The van der Waals surface area contributed by atoms with Crippen molar-refractivity contribution in [1.29, 1.82) is 0 Å². The molecule has 1 fully saturated rings. The van der Waals surface area contributed by atoms with E-state index >= 15 is 0 Å². The van der Waals surface area contributed by atoms with Gasteiger partial charge in [0.25, 0.3) is 0 Å². The van der Waals surface area contributed by atoms with E-state index < -0.39 is 0 Å². The van der Waals surface area contributed by atoms with Crippen LogP contribution in [0.5, 0.6) is 11.5 Å². The molecule has 1 unspecified atom stereocenters. The van der Waals surface area contributed by atoms with Gasteiger partial charge in [0, 0.05) is 19.8 Å². The van der Waals surface area contributed by atoms with Gasteiger partial charge in [0.15, 0.2) is 17.5 Å². The molecule has 1 atom stereocenters. The summed E-state index contributed by atoms with van der Waals surface area (Å²) in [5.74, 6) is 1.81. The van der Waals surface area contributed by atoms with Gasteiger partial charge in [-0.05, 0) is 30.5 Å². The molecule has 0 radical (unpaired) electrons. The van der Waals surface area contributed by atoms with Gasteiger partial charge >= 0.3 is 0 Å². The second kappa shape index (κ2) is 10.00. The normalized spacial score (nSPS) is 17.8. The minimum Gasteiger partial charge on any atom is -0.493 e. The number of methoxy groups -OCH3 is 2. The molecule has 0 bridgehead atoms. The Labute approximate surface area is 143 Å². The number of nitrogens with one attached hydrogen (secondary N) is 1. The van der Waals surface area contributed by atoms with Crippen LogP contribution < -0.4 is 20.5 Å². The Kier molecular flexibility index (Phi) is 7.64. The quantitative estimate of drug-likeness (QED) is 0.401. The van der Waals surface area contributed by atoms with E-state index in [9.17, 15) is 0 Å². The molecule has 0 amide bonds. The Balaban J connectivity index is 1.67. The number of nitrogens with zero attached hydrogens (tertiary/aromatic N) is 1. The molecule has 3 N–H and O–H groups in total. The van der Waals surface area contributed by atoms with Crippen LogP contribution in [0, 0.1) is 0 Å². The zero-order chi connectivity index (χ0) is 17.2. The summed E-state index contributed by atoms with van der Waals surface area (Å²) in [4.78, 5) is 4.33. The number of hydrogen-bond acceptors (Lipinski definition) is 5. The maximum atomic E-state index is 5.87. The van der Waals surface area contributed by atoms with Gasteiger partial charge in [-0.25, -0.2) is 4.99 Å². The predicted molar refractivity (Wildman–Crippen MR) is 92.7 cm³/mol. The van der Waals surface area contributed by atoms with Crippen LogP contribution in [0.4, 0.5) is 0 Å². The van der Waals surface area contributed by atoms with E-state index in [0.717, 1.165) is 31.6 Å². The van der Waals surface area contributed by atoms with E-state index in [1.165, 1.54) is 0 Å². The van der Waals surface area contributed by atoms with Crippen molar-refractivity contribution in [3.05, 3.63) is 23.8 Å². The Bertz CT molecular complexity index is 531. The van der Waals surface area contributed by atoms with Gasteiger partial charge in [-0.15, -0.1) is 0 Å². The number of rotatable bonds is 9. The molecule has 7 nitrogen and oxygen atoms in total. The maximum absolute atomic E-state index is 5.87. The van der Waals surface area contributed by atoms with Crippen LogP contribution in [-0.4, -0.2) is 52.6 Å². The Morgan fingerprint density at radius 1 is 1.33 bits per heavy atom. The first-order valence-electron chi connectivity index (χ1n) is 8.17. The highest BCUT2D eigenvalue weighted by atomic mass is 16.5. The molecule has 1 aliphatic heterocycles. The van der Waals surface area contributed by atoms with Crippen LogP contribution in [0.1, 0.15) is 18.4 Å². The van der Waals surface area contributed by atoms with Gasteiger partial charge in [0.2, 0.25) is 0 Å². The molecule has 0 spiro atoms. The zero-order valence-electron chi connectivity index (χ0n) is 14.4. The summed E-state index contributed by atoms with van der Waals surface area (Å²) >= 11 is 0. The summed E-state index contributed by atoms with van der Waals surface area (Å²) in [6, 6.07) is 5.69. The largest absolute Gasteiger partial charge is 0.493 e. The first kappa shape index (κ1) is 18.4. The molecule has 134 valence electrons. The Morgan fingerprint density at radius 2 is 2.17 bits per heavy atom. The molecule has 1 aliphatic rings. The van der Waals surface area contributed by atoms with Gasteiger partial charge in [-0.2, -0.15) is 0 Å². The second-order valence-electron chi connectivity index (χ2n) is 5.53. The van der Waals surface area contributed by atoms with E-state index in [1.807, 2.05) is 18.2 Å². The number of guanidine groups is 1. The molecule has 1 aromatic rings. The van der Waals surface area contributed by atoms with Crippen LogP contribution in [0.3, 0.4) is 0 Å². The van der Waals surface area contributed by atoms with Crippen molar-refractivity contribution in [2.75, 3.05) is 40.6 Å². The number of hydrogen-bond donors (Lipinski definition) is 2. The second-order valence-corrected chi connectivity index (χ2v) is 5.53. The molecular formula is C17H27N3O4. The first-order valence-corrected chi connectivity index (χ1v) is 8.17. The third-order valence-electron chi connectivity index (χ3n) is 3.75. The molecule has 0 aromatic heterocycles. The lowest BCUT2D eigenvalue weighted by atomic mass is 10.2. The molecule has 0 aliphatic carbocycles. The Hall–Kier alpha value is -1.99. The standard InChI is InChI=1S/C17H27N3O4/c1-21-15-5-4-13(10-16(15)22-2)11-20-17(18)19-7-3-8-24-14-6-9-23-12-14/h4-5,10,14H,3,6-9,11-12H2,1-2H3,(H3,18,19,20). The molecule has 1 saturated heterocycles. The van der Waals surface area contributed by atoms with Crippen molar-refractivity contribution in [2.24, 2.45) is 10.7 Å². The average molecular weight is 337 g/mol. The summed E-state index contributed by atoms with van der Waals surface area (Å²) in [5, 5.41) is 3.09. The first-order chi connectivity index (χ1) is 11.7. The zero-order valence-corrected chi connectivity index (χ0v) is 14.4. The van der Waals surface area contributed by atoms with E-state index in [2.05, 4.69) is 10.3 Å². The fourth-order valence-corrected chi connectivity index (χ4v) is 2.39. The number of nitrogens with two attached hydrogens (primary N) is 1. The maximum Gasteiger partial charge on any atom is 0.188 e. The van der Waals surface area contributed by atoms with Gasteiger partial charge < -0.3 is 30.0 Å². The van der Waals surface area contributed by atoms with Crippen LogP contribution >= 0.6 is 0 Å². The third-order valence-corrected chi connectivity index (χ3v) is 3.75. The number of benzene rings is 1. The highest BCUT2D eigenvalue weighted by Crippen LogP contribution is 2.27. The molecule has 1 heterocycles. The molecular weight excluding hydrogens is 310 g/mol. The lowest BCUT2D eigenvalue weighted by Gasteiger charge is -2.10. The minimum atomic E-state index is 0.251. The average Bonchev–Trinajstić information content (AvgIpc) is 3.12. The van der Waals surface area contributed by atoms with Crippen molar-refractivity contribution in [3.63, 3.8) is 0 Å². The van der Waals surface area contributed by atoms with Crippen molar-refractivity contribution >= 4 is 5.96 Å². The summed E-state index contributed by atoms with van der Waals surface area (Å²) in [6.07, 6.45) is 2.12. The van der Waals surface area contributed by atoms with E-state index in [0.29, 0.717) is 37.2 Å². The lowest BCUT2D eigenvalue weighted by molar-refractivity contribution is 0.0420. The van der Waals surface area contributed by atoms with Crippen LogP contribution in [0.25, 0.3) is 0 Å². The fraction of sp³-hybridized carbons (Fsp3) is 0.588. The van der Waals surface area contributed by atoms with Crippen molar-refractivity contribution in [2.45, 2.75) is 25.5 Å². The molecule has 0 saturated carbocycles. The smallest absolute Gasteiger partial charge is 0.188 e. The van der Waals surface area contributed by atoms with Crippen molar-refractivity contribution in [3.8, 4) is 11.5 Å². The Morgan fingerprint density at radius 3 is 2.88 bits per heavy atom. The number of ether oxygens (including phenoxy) is 4. The summed E-state index contributed by atoms with van der Waals surface area (Å²) < 4.78 is 21.4. The van der Waals surface area contributed by atoms with E-state index in [1.54, 1.807) is 14.2 Å². The summed E-state index contributed by atoms with van der Waals surface area (Å²) in [5.41, 5.74) is 6.88. The van der Waals surface area contributed by atoms with E-state index in [-0.39, 0.29) is 6.10 Å². The fourth-order valence-electron chi connectivity index (χ4n) is 2.39. The minimum absolute atomic E-state index is 0.251. The molecule has 7 heteroatoms. The van der Waals surface area contributed by atoms with Gasteiger partial charge in [0.05, 0.1) is 33.5 Å². The van der Waals surface area contributed by atoms with E-state index in [4.69, 9.17) is 24.7 Å². The van der Waals surface area contributed by atoms with Crippen LogP contribution in [0.15, 0.2) is 23.2 Å². The third kappa shape index (κ3) is 5.90. The lowest BCUT2D eigenvalue weighted by Crippen LogP contribution is -2.33. The number of aliphatic imine (C=N–C) groups is 1. The monoisotopic (exact) mass is 337 g/mol. The van der Waals surface area contributed by atoms with Crippen molar-refractivity contribution < 1.29 is 18.9 Å².